The first-order valence-electron chi connectivity index (χ1n) is 6.64. The van der Waals surface area contributed by atoms with Gasteiger partial charge >= 0.3 is 5.69 Å². The first kappa shape index (κ1) is 15.5. The molecule has 1 saturated heterocycles. The van der Waals surface area contributed by atoms with Crippen LogP contribution in [0.25, 0.3) is 0 Å². The summed E-state index contributed by atoms with van der Waals surface area (Å²) in [5.41, 5.74) is -0.243. The van der Waals surface area contributed by atoms with E-state index in [1.807, 2.05) is 0 Å². The summed E-state index contributed by atoms with van der Waals surface area (Å²) >= 11 is 5.90. The Morgan fingerprint density at radius 1 is 1.43 bits per heavy atom. The fourth-order valence-electron chi connectivity index (χ4n) is 2.10. The number of carbonyl (C=O) groups excluding carboxylic acids is 1. The van der Waals surface area contributed by atoms with Gasteiger partial charge in [-0.25, -0.2) is 0 Å². The predicted octanol–water partition coefficient (Wildman–Crippen LogP) is 1.45. The van der Waals surface area contributed by atoms with Crippen molar-refractivity contribution in [2.75, 3.05) is 32.8 Å². The molecule has 2 rings (SSSR count). The fraction of sp³-hybridized carbons (Fsp3) is 0.462. The van der Waals surface area contributed by atoms with Crippen LogP contribution in [-0.2, 0) is 4.79 Å². The van der Waals surface area contributed by atoms with E-state index in [4.69, 9.17) is 16.3 Å². The van der Waals surface area contributed by atoms with Gasteiger partial charge in [-0.1, -0.05) is 17.7 Å². The molecule has 1 aromatic rings. The first-order chi connectivity index (χ1) is 10.1. The van der Waals surface area contributed by atoms with Crippen molar-refractivity contribution in [1.29, 1.82) is 0 Å². The highest BCUT2D eigenvalue weighted by molar-refractivity contribution is 6.32. The Kier molecular flexibility index (Phi) is 5.35. The highest BCUT2D eigenvalue weighted by atomic mass is 35.5. The highest BCUT2D eigenvalue weighted by Gasteiger charge is 2.21. The number of nitrogens with one attached hydrogen (secondary N) is 1. The third-order valence-corrected chi connectivity index (χ3v) is 3.47. The minimum absolute atomic E-state index is 0.0644. The highest BCUT2D eigenvalue weighted by Crippen LogP contribution is 2.34. The number of rotatable bonds is 4. The molecule has 1 N–H and O–H groups in total. The van der Waals surface area contributed by atoms with Crippen molar-refractivity contribution in [3.63, 3.8) is 0 Å². The lowest BCUT2D eigenvalue weighted by atomic mass is 10.3. The average molecular weight is 314 g/mol. The van der Waals surface area contributed by atoms with Gasteiger partial charge in [0.25, 0.3) is 5.91 Å². The summed E-state index contributed by atoms with van der Waals surface area (Å²) in [5.74, 6) is -0.265. The van der Waals surface area contributed by atoms with Crippen LogP contribution in [0.1, 0.15) is 6.42 Å². The molecule has 1 aromatic carbocycles. The molecule has 1 heterocycles. The number of nitro groups is 1. The first-order valence-corrected chi connectivity index (χ1v) is 7.01. The van der Waals surface area contributed by atoms with Crippen LogP contribution in [0.4, 0.5) is 5.69 Å². The summed E-state index contributed by atoms with van der Waals surface area (Å²) in [5, 5.41) is 14.2. The Morgan fingerprint density at radius 2 is 2.24 bits per heavy atom. The number of para-hydroxylation sites is 1. The van der Waals surface area contributed by atoms with Crippen molar-refractivity contribution in [3.05, 3.63) is 33.3 Å². The molecule has 7 nitrogen and oxygen atoms in total. The molecule has 8 heteroatoms. The summed E-state index contributed by atoms with van der Waals surface area (Å²) in [6, 6.07) is 4.25. The third kappa shape index (κ3) is 4.05. The maximum atomic E-state index is 12.1. The maximum absolute atomic E-state index is 12.1. The number of nitrogens with zero attached hydrogens (tertiary/aromatic N) is 2. The summed E-state index contributed by atoms with van der Waals surface area (Å²) in [4.78, 5) is 24.1. The number of nitro benzene ring substituents is 1. The lowest BCUT2D eigenvalue weighted by Crippen LogP contribution is -2.37. The molecule has 1 aliphatic rings. The van der Waals surface area contributed by atoms with E-state index in [0.717, 1.165) is 19.5 Å². The van der Waals surface area contributed by atoms with Crippen molar-refractivity contribution in [2.45, 2.75) is 6.42 Å². The minimum Gasteiger partial charge on any atom is -0.476 e. The van der Waals surface area contributed by atoms with Gasteiger partial charge in [-0.3, -0.25) is 14.9 Å². The number of hydrogen-bond donors (Lipinski definition) is 1. The molecule has 1 aliphatic heterocycles. The molecule has 0 unspecified atom stereocenters. The third-order valence-electron chi connectivity index (χ3n) is 3.18. The Morgan fingerprint density at radius 3 is 3.00 bits per heavy atom. The van der Waals surface area contributed by atoms with Gasteiger partial charge in [0.15, 0.2) is 6.61 Å². The van der Waals surface area contributed by atoms with Crippen LogP contribution >= 0.6 is 11.6 Å². The Labute approximate surface area is 127 Å². The molecule has 114 valence electrons. The largest absolute Gasteiger partial charge is 0.476 e. The molecular formula is C13H16ClN3O4. The zero-order valence-electron chi connectivity index (χ0n) is 11.4. The summed E-state index contributed by atoms with van der Waals surface area (Å²) < 4.78 is 5.30. The number of halogens is 1. The monoisotopic (exact) mass is 313 g/mol. The molecular weight excluding hydrogens is 298 g/mol. The van der Waals surface area contributed by atoms with E-state index in [9.17, 15) is 14.9 Å². The van der Waals surface area contributed by atoms with Crippen LogP contribution in [-0.4, -0.2) is 48.5 Å². The smallest absolute Gasteiger partial charge is 0.312 e. The predicted molar refractivity (Wildman–Crippen MR) is 77.7 cm³/mol. The number of carbonyl (C=O) groups is 1. The number of ether oxygens (including phenoxy) is 1. The van der Waals surface area contributed by atoms with E-state index in [1.54, 1.807) is 4.90 Å². The normalized spacial score (nSPS) is 15.4. The van der Waals surface area contributed by atoms with Crippen LogP contribution in [0.2, 0.25) is 5.02 Å². The van der Waals surface area contributed by atoms with Gasteiger partial charge in [0.1, 0.15) is 0 Å². The van der Waals surface area contributed by atoms with Gasteiger partial charge in [-0.05, 0) is 19.0 Å². The van der Waals surface area contributed by atoms with Crippen LogP contribution in [0, 0.1) is 10.1 Å². The van der Waals surface area contributed by atoms with Crippen LogP contribution in [0.15, 0.2) is 18.2 Å². The second kappa shape index (κ2) is 7.24. The van der Waals surface area contributed by atoms with E-state index >= 15 is 0 Å². The van der Waals surface area contributed by atoms with Crippen molar-refractivity contribution in [2.24, 2.45) is 0 Å². The minimum atomic E-state index is -0.582. The van der Waals surface area contributed by atoms with E-state index in [-0.39, 0.29) is 29.0 Å². The molecule has 1 amide bonds. The molecule has 0 atom stereocenters. The molecule has 0 bridgehead atoms. The van der Waals surface area contributed by atoms with Gasteiger partial charge in [-0.15, -0.1) is 0 Å². The zero-order valence-corrected chi connectivity index (χ0v) is 12.1. The van der Waals surface area contributed by atoms with E-state index in [2.05, 4.69) is 5.32 Å². The number of amides is 1. The van der Waals surface area contributed by atoms with E-state index in [1.165, 1.54) is 18.2 Å². The Balaban J connectivity index is 2.02. The van der Waals surface area contributed by atoms with Crippen LogP contribution in [0.3, 0.4) is 0 Å². The van der Waals surface area contributed by atoms with Gasteiger partial charge in [-0.2, -0.15) is 0 Å². The van der Waals surface area contributed by atoms with Crippen LogP contribution < -0.4 is 10.1 Å². The standard InChI is InChI=1S/C13H16ClN3O4/c14-10-3-1-4-11(17(19)20)13(10)21-9-12(18)16-7-2-5-15-6-8-16/h1,3-4,15H,2,5-9H2. The molecule has 0 aliphatic carbocycles. The zero-order chi connectivity index (χ0) is 15.2. The van der Waals surface area contributed by atoms with E-state index in [0.29, 0.717) is 13.1 Å². The lowest BCUT2D eigenvalue weighted by molar-refractivity contribution is -0.385. The van der Waals surface area contributed by atoms with Crippen molar-refractivity contribution in [1.82, 2.24) is 10.2 Å². The van der Waals surface area contributed by atoms with Gasteiger partial charge < -0.3 is 15.0 Å². The summed E-state index contributed by atoms with van der Waals surface area (Å²) in [6.45, 7) is 2.61. The fourth-order valence-corrected chi connectivity index (χ4v) is 2.33. The van der Waals surface area contributed by atoms with Crippen molar-refractivity contribution in [3.8, 4) is 5.75 Å². The average Bonchev–Trinajstić information content (AvgIpc) is 2.74. The van der Waals surface area contributed by atoms with Gasteiger partial charge in [0, 0.05) is 25.7 Å². The van der Waals surface area contributed by atoms with Gasteiger partial charge in [0.05, 0.1) is 9.95 Å². The Bertz CT molecular complexity index is 530. The van der Waals surface area contributed by atoms with Crippen molar-refractivity contribution < 1.29 is 14.5 Å². The SMILES string of the molecule is O=C(COc1c(Cl)cccc1[N+](=O)[O-])N1CCCNCC1. The second-order valence-corrected chi connectivity index (χ2v) is 5.03. The van der Waals surface area contributed by atoms with Crippen molar-refractivity contribution >= 4 is 23.2 Å². The molecule has 21 heavy (non-hydrogen) atoms. The second-order valence-electron chi connectivity index (χ2n) is 4.62. The number of benzene rings is 1. The maximum Gasteiger partial charge on any atom is 0.312 e. The molecule has 0 radical (unpaired) electrons. The topological polar surface area (TPSA) is 84.7 Å². The van der Waals surface area contributed by atoms with Gasteiger partial charge in [0.2, 0.25) is 5.75 Å². The molecule has 0 aromatic heterocycles. The number of hydrogen-bond acceptors (Lipinski definition) is 5. The summed E-state index contributed by atoms with van der Waals surface area (Å²) in [6.07, 6.45) is 0.873. The molecule has 0 saturated carbocycles. The quantitative estimate of drug-likeness (QED) is 0.672. The van der Waals surface area contributed by atoms with Crippen LogP contribution in [0.5, 0.6) is 5.75 Å². The molecule has 0 spiro atoms. The lowest BCUT2D eigenvalue weighted by Gasteiger charge is -2.20. The molecule has 1 fully saturated rings. The van der Waals surface area contributed by atoms with E-state index < -0.39 is 4.92 Å². The Hall–Kier alpha value is -1.86. The summed E-state index contributed by atoms with van der Waals surface area (Å²) in [7, 11) is 0.